The molecule has 0 unspecified atom stereocenters. The van der Waals surface area contributed by atoms with Gasteiger partial charge in [-0.25, -0.2) is 9.78 Å². The van der Waals surface area contributed by atoms with Crippen LogP contribution in [0, 0.1) is 0 Å². The molecule has 2 N–H and O–H groups in total. The smallest absolute Gasteiger partial charge is 0.341 e. The van der Waals surface area contributed by atoms with Gasteiger partial charge < -0.3 is 19.9 Å². The van der Waals surface area contributed by atoms with Crippen molar-refractivity contribution in [2.24, 2.45) is 0 Å². The Morgan fingerprint density at radius 3 is 2.81 bits per heavy atom. The summed E-state index contributed by atoms with van der Waals surface area (Å²) in [5.74, 6) is 0.366. The van der Waals surface area contributed by atoms with Gasteiger partial charge in [-0.3, -0.25) is 0 Å². The average molecular weight is 288 g/mol. The fourth-order valence-corrected chi connectivity index (χ4v) is 1.82. The summed E-state index contributed by atoms with van der Waals surface area (Å²) in [5, 5.41) is 0. The van der Waals surface area contributed by atoms with Crippen LogP contribution in [0.2, 0.25) is 0 Å². The number of aromatic nitrogens is 1. The lowest BCUT2D eigenvalue weighted by Gasteiger charge is -2.12. The number of rotatable bonds is 5. The summed E-state index contributed by atoms with van der Waals surface area (Å²) < 4.78 is 15.5. The number of hydrogen-bond acceptors (Lipinski definition) is 6. The molecule has 1 heterocycles. The number of pyridine rings is 1. The highest BCUT2D eigenvalue weighted by atomic mass is 16.5. The minimum absolute atomic E-state index is 0.213. The molecule has 21 heavy (non-hydrogen) atoms. The number of benzene rings is 1. The van der Waals surface area contributed by atoms with Gasteiger partial charge in [-0.15, -0.1) is 0 Å². The first-order valence-electron chi connectivity index (χ1n) is 6.24. The molecule has 110 valence electrons. The van der Waals surface area contributed by atoms with E-state index in [1.165, 1.54) is 20.3 Å². The molecule has 6 nitrogen and oxygen atoms in total. The number of hydrogen-bond donors (Lipinski definition) is 1. The van der Waals surface area contributed by atoms with Gasteiger partial charge in [0.15, 0.2) is 0 Å². The summed E-state index contributed by atoms with van der Waals surface area (Å²) >= 11 is 0. The van der Waals surface area contributed by atoms with Gasteiger partial charge in [0.2, 0.25) is 5.88 Å². The molecule has 0 saturated carbocycles. The Morgan fingerprint density at radius 2 is 2.10 bits per heavy atom. The van der Waals surface area contributed by atoms with Crippen LogP contribution in [0.15, 0.2) is 36.5 Å². The maximum absolute atomic E-state index is 11.7. The largest absolute Gasteiger partial charge is 0.488 e. The van der Waals surface area contributed by atoms with E-state index in [1.807, 2.05) is 6.07 Å². The van der Waals surface area contributed by atoms with Crippen LogP contribution in [0.5, 0.6) is 11.6 Å². The van der Waals surface area contributed by atoms with E-state index in [-0.39, 0.29) is 12.2 Å². The van der Waals surface area contributed by atoms with Gasteiger partial charge in [0.1, 0.15) is 17.9 Å². The number of nitrogen functional groups attached to an aromatic ring is 1. The Labute approximate surface area is 122 Å². The van der Waals surface area contributed by atoms with E-state index in [4.69, 9.17) is 19.9 Å². The molecule has 0 aliphatic carbocycles. The van der Waals surface area contributed by atoms with E-state index in [1.54, 1.807) is 24.4 Å². The van der Waals surface area contributed by atoms with E-state index < -0.39 is 5.97 Å². The maximum Gasteiger partial charge on any atom is 0.341 e. The van der Waals surface area contributed by atoms with Crippen LogP contribution in [0.4, 0.5) is 5.69 Å². The standard InChI is InChI=1S/C15H16N2O4/c1-19-14-10(4-3-7-17-14)9-21-13-6-5-11(16)8-12(13)15(18)20-2/h3-8H,9,16H2,1-2H3. The van der Waals surface area contributed by atoms with Gasteiger partial charge in [0.25, 0.3) is 0 Å². The highest BCUT2D eigenvalue weighted by molar-refractivity contribution is 5.93. The highest BCUT2D eigenvalue weighted by Crippen LogP contribution is 2.24. The van der Waals surface area contributed by atoms with Crippen molar-refractivity contribution in [2.75, 3.05) is 20.0 Å². The summed E-state index contributed by atoms with van der Waals surface area (Å²) in [6.07, 6.45) is 1.63. The number of carbonyl (C=O) groups excluding carboxylic acids is 1. The Balaban J connectivity index is 2.22. The van der Waals surface area contributed by atoms with Crippen LogP contribution < -0.4 is 15.2 Å². The molecule has 2 rings (SSSR count). The van der Waals surface area contributed by atoms with Crippen molar-refractivity contribution in [1.82, 2.24) is 4.98 Å². The lowest BCUT2D eigenvalue weighted by atomic mass is 10.2. The Hall–Kier alpha value is -2.76. The molecular weight excluding hydrogens is 272 g/mol. The fraction of sp³-hybridized carbons (Fsp3) is 0.200. The van der Waals surface area contributed by atoms with Gasteiger partial charge in [-0.2, -0.15) is 0 Å². The first kappa shape index (κ1) is 14.6. The topological polar surface area (TPSA) is 83.7 Å². The lowest BCUT2D eigenvalue weighted by molar-refractivity contribution is 0.0595. The third-order valence-electron chi connectivity index (χ3n) is 2.84. The first-order valence-corrected chi connectivity index (χ1v) is 6.24. The van der Waals surface area contributed by atoms with Gasteiger partial charge in [-0.05, 0) is 30.3 Å². The van der Waals surface area contributed by atoms with Crippen LogP contribution >= 0.6 is 0 Å². The Kier molecular flexibility index (Phi) is 4.61. The van der Waals surface area contributed by atoms with Crippen molar-refractivity contribution in [3.8, 4) is 11.6 Å². The number of carbonyl (C=O) groups is 1. The fourth-order valence-electron chi connectivity index (χ4n) is 1.82. The number of ether oxygens (including phenoxy) is 3. The summed E-state index contributed by atoms with van der Waals surface area (Å²) in [5.41, 5.74) is 7.19. The van der Waals surface area contributed by atoms with Crippen molar-refractivity contribution in [2.45, 2.75) is 6.61 Å². The van der Waals surface area contributed by atoms with Crippen molar-refractivity contribution >= 4 is 11.7 Å². The van der Waals surface area contributed by atoms with E-state index in [0.717, 1.165) is 5.56 Å². The van der Waals surface area contributed by atoms with E-state index in [0.29, 0.717) is 17.3 Å². The van der Waals surface area contributed by atoms with Crippen LogP contribution in [0.25, 0.3) is 0 Å². The molecule has 0 fully saturated rings. The molecule has 0 aliphatic heterocycles. The number of methoxy groups -OCH3 is 2. The Morgan fingerprint density at radius 1 is 1.29 bits per heavy atom. The molecule has 1 aromatic heterocycles. The number of esters is 1. The predicted octanol–water partition coefficient (Wildman–Crippen LogP) is 2.04. The molecule has 2 aromatic rings. The quantitative estimate of drug-likeness (QED) is 0.669. The SMILES string of the molecule is COC(=O)c1cc(N)ccc1OCc1cccnc1OC. The van der Waals surface area contributed by atoms with E-state index in [9.17, 15) is 4.79 Å². The Bertz CT molecular complexity index is 643. The normalized spacial score (nSPS) is 10.0. The van der Waals surface area contributed by atoms with Crippen molar-refractivity contribution in [1.29, 1.82) is 0 Å². The summed E-state index contributed by atoms with van der Waals surface area (Å²) in [6.45, 7) is 0.213. The zero-order valence-corrected chi connectivity index (χ0v) is 11.8. The minimum Gasteiger partial charge on any atom is -0.488 e. The molecule has 0 saturated heterocycles. The monoisotopic (exact) mass is 288 g/mol. The summed E-state index contributed by atoms with van der Waals surface area (Å²) in [6, 6.07) is 8.42. The second kappa shape index (κ2) is 6.60. The lowest BCUT2D eigenvalue weighted by Crippen LogP contribution is -2.07. The molecule has 6 heteroatoms. The van der Waals surface area contributed by atoms with Crippen LogP contribution in [-0.2, 0) is 11.3 Å². The second-order valence-corrected chi connectivity index (χ2v) is 4.21. The molecule has 0 radical (unpaired) electrons. The van der Waals surface area contributed by atoms with Crippen LogP contribution in [0.3, 0.4) is 0 Å². The molecule has 0 atom stereocenters. The van der Waals surface area contributed by atoms with Crippen molar-refractivity contribution in [3.63, 3.8) is 0 Å². The van der Waals surface area contributed by atoms with Gasteiger partial charge >= 0.3 is 5.97 Å². The highest BCUT2D eigenvalue weighted by Gasteiger charge is 2.14. The second-order valence-electron chi connectivity index (χ2n) is 4.21. The molecule has 0 spiro atoms. The predicted molar refractivity (Wildman–Crippen MR) is 77.3 cm³/mol. The summed E-state index contributed by atoms with van der Waals surface area (Å²) in [7, 11) is 2.84. The van der Waals surface area contributed by atoms with E-state index in [2.05, 4.69) is 4.98 Å². The molecule has 0 aliphatic rings. The molecular formula is C15H16N2O4. The molecule has 1 aromatic carbocycles. The number of nitrogens with two attached hydrogens (primary N) is 1. The third-order valence-corrected chi connectivity index (χ3v) is 2.84. The zero-order valence-electron chi connectivity index (χ0n) is 11.8. The van der Waals surface area contributed by atoms with Crippen molar-refractivity contribution < 1.29 is 19.0 Å². The average Bonchev–Trinajstić information content (AvgIpc) is 2.53. The van der Waals surface area contributed by atoms with Crippen LogP contribution in [0.1, 0.15) is 15.9 Å². The maximum atomic E-state index is 11.7. The van der Waals surface area contributed by atoms with Gasteiger partial charge in [0, 0.05) is 11.9 Å². The van der Waals surface area contributed by atoms with Crippen LogP contribution in [-0.4, -0.2) is 25.2 Å². The third kappa shape index (κ3) is 3.42. The van der Waals surface area contributed by atoms with Crippen molar-refractivity contribution in [3.05, 3.63) is 47.7 Å². The van der Waals surface area contributed by atoms with E-state index >= 15 is 0 Å². The molecule has 0 bridgehead atoms. The molecule has 0 amide bonds. The zero-order chi connectivity index (χ0) is 15.2. The number of anilines is 1. The summed E-state index contributed by atoms with van der Waals surface area (Å²) in [4.78, 5) is 15.8. The number of nitrogens with zero attached hydrogens (tertiary/aromatic N) is 1. The van der Waals surface area contributed by atoms with Gasteiger partial charge in [0.05, 0.1) is 19.8 Å². The van der Waals surface area contributed by atoms with Gasteiger partial charge in [-0.1, -0.05) is 0 Å². The minimum atomic E-state index is -0.504. The first-order chi connectivity index (χ1) is 10.2.